The van der Waals surface area contributed by atoms with E-state index in [1.165, 1.54) is 4.90 Å². The summed E-state index contributed by atoms with van der Waals surface area (Å²) in [5, 5.41) is 11.3. The van der Waals surface area contributed by atoms with Crippen molar-refractivity contribution in [3.63, 3.8) is 0 Å². The van der Waals surface area contributed by atoms with Crippen LogP contribution in [0.25, 0.3) is 0 Å². The summed E-state index contributed by atoms with van der Waals surface area (Å²) in [6.07, 6.45) is 0.681. The second-order valence-electron chi connectivity index (χ2n) is 3.99. The molecule has 18 heavy (non-hydrogen) atoms. The maximum atomic E-state index is 11.6. The van der Waals surface area contributed by atoms with Gasteiger partial charge in [-0.1, -0.05) is 0 Å². The zero-order valence-corrected chi connectivity index (χ0v) is 10.6. The van der Waals surface area contributed by atoms with E-state index in [-0.39, 0.29) is 19.3 Å². The highest BCUT2D eigenvalue weighted by Crippen LogP contribution is 2.11. The Bertz CT molecular complexity index is 285. The number of amides is 2. The molecule has 0 aromatic rings. The number of rotatable bonds is 4. The van der Waals surface area contributed by atoms with Crippen LogP contribution in [0.1, 0.15) is 19.8 Å². The SMILES string of the molecule is CCOC(=O)NC1CCCN(C(=O)OCCO)C1. The van der Waals surface area contributed by atoms with Crippen molar-refractivity contribution in [2.24, 2.45) is 0 Å². The normalized spacial score (nSPS) is 19.2. The summed E-state index contributed by atoms with van der Waals surface area (Å²) in [6.45, 7) is 2.86. The Morgan fingerprint density at radius 3 is 2.89 bits per heavy atom. The molecule has 2 N–H and O–H groups in total. The van der Waals surface area contributed by atoms with Crippen LogP contribution in [0, 0.1) is 0 Å². The van der Waals surface area contributed by atoms with Crippen LogP contribution in [0.4, 0.5) is 9.59 Å². The van der Waals surface area contributed by atoms with Gasteiger partial charge in [0, 0.05) is 19.1 Å². The largest absolute Gasteiger partial charge is 0.450 e. The molecule has 0 aromatic carbocycles. The Morgan fingerprint density at radius 1 is 1.44 bits per heavy atom. The maximum Gasteiger partial charge on any atom is 0.409 e. The smallest absolute Gasteiger partial charge is 0.409 e. The lowest BCUT2D eigenvalue weighted by molar-refractivity contribution is 0.0723. The Balaban J connectivity index is 2.36. The van der Waals surface area contributed by atoms with Crippen LogP contribution in [-0.2, 0) is 9.47 Å². The van der Waals surface area contributed by atoms with Gasteiger partial charge >= 0.3 is 12.2 Å². The highest BCUT2D eigenvalue weighted by Gasteiger charge is 2.25. The first-order valence-corrected chi connectivity index (χ1v) is 6.13. The lowest BCUT2D eigenvalue weighted by Crippen LogP contribution is -2.50. The van der Waals surface area contributed by atoms with Crippen molar-refractivity contribution in [1.29, 1.82) is 0 Å². The molecule has 1 heterocycles. The van der Waals surface area contributed by atoms with E-state index >= 15 is 0 Å². The fourth-order valence-electron chi connectivity index (χ4n) is 1.82. The summed E-state index contributed by atoms with van der Waals surface area (Å²) in [5.74, 6) is 0. The minimum atomic E-state index is -0.465. The minimum absolute atomic E-state index is 0.00863. The second-order valence-corrected chi connectivity index (χ2v) is 3.99. The average Bonchev–Trinajstić information content (AvgIpc) is 2.36. The highest BCUT2D eigenvalue weighted by molar-refractivity contribution is 5.69. The third-order valence-electron chi connectivity index (χ3n) is 2.59. The number of alkyl carbamates (subject to hydrolysis) is 1. The van der Waals surface area contributed by atoms with Crippen molar-refractivity contribution >= 4 is 12.2 Å². The van der Waals surface area contributed by atoms with Crippen LogP contribution >= 0.6 is 0 Å². The number of nitrogens with one attached hydrogen (secondary N) is 1. The molecule has 1 rings (SSSR count). The lowest BCUT2D eigenvalue weighted by atomic mass is 10.1. The number of ether oxygens (including phenoxy) is 2. The number of hydrogen-bond donors (Lipinski definition) is 2. The number of nitrogens with zero attached hydrogens (tertiary/aromatic N) is 1. The third-order valence-corrected chi connectivity index (χ3v) is 2.59. The standard InChI is InChI=1S/C11H20N2O5/c1-2-17-10(15)12-9-4-3-5-13(8-9)11(16)18-7-6-14/h9,14H,2-8H2,1H3,(H,12,15). The molecule has 1 fully saturated rings. The predicted octanol–water partition coefficient (Wildman–Crippen LogP) is 0.326. The van der Waals surface area contributed by atoms with Gasteiger partial charge in [-0.05, 0) is 19.8 Å². The summed E-state index contributed by atoms with van der Waals surface area (Å²) >= 11 is 0. The Morgan fingerprint density at radius 2 is 2.22 bits per heavy atom. The van der Waals surface area contributed by atoms with Gasteiger partial charge in [0.25, 0.3) is 0 Å². The van der Waals surface area contributed by atoms with E-state index in [0.29, 0.717) is 19.7 Å². The lowest BCUT2D eigenvalue weighted by Gasteiger charge is -2.32. The molecule has 7 heteroatoms. The fraction of sp³-hybridized carbons (Fsp3) is 0.818. The van der Waals surface area contributed by atoms with Crippen molar-refractivity contribution in [3.05, 3.63) is 0 Å². The zero-order valence-electron chi connectivity index (χ0n) is 10.6. The number of piperidine rings is 1. The number of carbonyl (C=O) groups excluding carboxylic acids is 2. The van der Waals surface area contributed by atoms with Gasteiger partial charge in [-0.3, -0.25) is 0 Å². The number of hydrogen-bond acceptors (Lipinski definition) is 5. The Kier molecular flexibility index (Phi) is 6.27. The minimum Gasteiger partial charge on any atom is -0.450 e. The molecule has 1 aliphatic heterocycles. The van der Waals surface area contributed by atoms with Gasteiger partial charge in [-0.15, -0.1) is 0 Å². The van der Waals surface area contributed by atoms with Crippen molar-refractivity contribution in [2.75, 3.05) is 32.9 Å². The average molecular weight is 260 g/mol. The van der Waals surface area contributed by atoms with Gasteiger partial charge in [0.2, 0.25) is 0 Å². The van der Waals surface area contributed by atoms with Crippen molar-refractivity contribution in [2.45, 2.75) is 25.8 Å². The summed E-state index contributed by atoms with van der Waals surface area (Å²) in [7, 11) is 0. The summed E-state index contributed by atoms with van der Waals surface area (Å²) in [4.78, 5) is 24.3. The van der Waals surface area contributed by atoms with Crippen molar-refractivity contribution in [1.82, 2.24) is 10.2 Å². The molecular weight excluding hydrogens is 240 g/mol. The van der Waals surface area contributed by atoms with E-state index in [1.807, 2.05) is 0 Å². The number of aliphatic hydroxyl groups is 1. The predicted molar refractivity (Wildman–Crippen MR) is 63.2 cm³/mol. The molecule has 0 aromatic heterocycles. The molecular formula is C11H20N2O5. The van der Waals surface area contributed by atoms with Crippen LogP contribution in [0.5, 0.6) is 0 Å². The van der Waals surface area contributed by atoms with Gasteiger partial charge in [-0.25, -0.2) is 9.59 Å². The first-order valence-electron chi connectivity index (χ1n) is 6.13. The Labute approximate surface area is 106 Å². The van der Waals surface area contributed by atoms with Gasteiger partial charge in [0.1, 0.15) is 6.61 Å². The van der Waals surface area contributed by atoms with Gasteiger partial charge in [0.15, 0.2) is 0 Å². The molecule has 2 amide bonds. The molecule has 0 radical (unpaired) electrons. The van der Waals surface area contributed by atoms with Gasteiger partial charge < -0.3 is 24.8 Å². The summed E-state index contributed by atoms with van der Waals surface area (Å²) in [5.41, 5.74) is 0. The van der Waals surface area contributed by atoms with Crippen LogP contribution in [0.15, 0.2) is 0 Å². The molecule has 7 nitrogen and oxygen atoms in total. The molecule has 0 bridgehead atoms. The number of likely N-dealkylation sites (tertiary alicyclic amines) is 1. The third kappa shape index (κ3) is 4.79. The fourth-order valence-corrected chi connectivity index (χ4v) is 1.82. The molecule has 104 valence electrons. The molecule has 0 aliphatic carbocycles. The van der Waals surface area contributed by atoms with Gasteiger partial charge in [-0.2, -0.15) is 0 Å². The monoisotopic (exact) mass is 260 g/mol. The van der Waals surface area contributed by atoms with E-state index in [4.69, 9.17) is 14.6 Å². The van der Waals surface area contributed by atoms with E-state index in [0.717, 1.165) is 12.8 Å². The highest BCUT2D eigenvalue weighted by atomic mass is 16.6. The topological polar surface area (TPSA) is 88.1 Å². The second kappa shape index (κ2) is 7.75. The van der Waals surface area contributed by atoms with E-state index in [9.17, 15) is 9.59 Å². The molecule has 0 spiro atoms. The molecule has 1 saturated heterocycles. The number of carbonyl (C=O) groups is 2. The van der Waals surface area contributed by atoms with Crippen LogP contribution in [0.3, 0.4) is 0 Å². The summed E-state index contributed by atoms with van der Waals surface area (Å²) in [6, 6.07) is -0.112. The Hall–Kier alpha value is -1.50. The molecule has 1 atom stereocenters. The van der Waals surface area contributed by atoms with Gasteiger partial charge in [0.05, 0.1) is 13.2 Å². The molecule has 1 aliphatic rings. The van der Waals surface area contributed by atoms with E-state index in [1.54, 1.807) is 6.92 Å². The van der Waals surface area contributed by atoms with Crippen LogP contribution < -0.4 is 5.32 Å². The molecule has 0 saturated carbocycles. The van der Waals surface area contributed by atoms with Crippen molar-refractivity contribution in [3.8, 4) is 0 Å². The first kappa shape index (κ1) is 14.6. The maximum absolute atomic E-state index is 11.6. The van der Waals surface area contributed by atoms with E-state index in [2.05, 4.69) is 5.32 Å². The number of aliphatic hydroxyl groups excluding tert-OH is 1. The van der Waals surface area contributed by atoms with Crippen LogP contribution in [0.2, 0.25) is 0 Å². The van der Waals surface area contributed by atoms with Crippen LogP contribution in [-0.4, -0.2) is 61.1 Å². The zero-order chi connectivity index (χ0) is 13.4. The van der Waals surface area contributed by atoms with E-state index < -0.39 is 12.2 Å². The molecule has 1 unspecified atom stereocenters. The summed E-state index contributed by atoms with van der Waals surface area (Å²) < 4.78 is 9.61. The van der Waals surface area contributed by atoms with Crippen molar-refractivity contribution < 1.29 is 24.2 Å². The quantitative estimate of drug-likeness (QED) is 0.760. The first-order chi connectivity index (χ1) is 8.67.